The predicted octanol–water partition coefficient (Wildman–Crippen LogP) is 4.78. The average Bonchev–Trinajstić information content (AvgIpc) is 2.71. The van der Waals surface area contributed by atoms with Gasteiger partial charge in [0.05, 0.1) is 4.75 Å². The van der Waals surface area contributed by atoms with Crippen molar-refractivity contribution in [1.29, 1.82) is 0 Å². The molecule has 27 heavy (non-hydrogen) atoms. The summed E-state index contributed by atoms with van der Waals surface area (Å²) in [4.78, 5) is 11.3. The van der Waals surface area contributed by atoms with Crippen LogP contribution in [0.1, 0.15) is 16.7 Å². The van der Waals surface area contributed by atoms with Crippen LogP contribution < -0.4 is 5.73 Å². The van der Waals surface area contributed by atoms with Crippen molar-refractivity contribution < 1.29 is 9.90 Å². The van der Waals surface area contributed by atoms with Gasteiger partial charge in [-0.05, 0) is 22.8 Å². The van der Waals surface area contributed by atoms with E-state index >= 15 is 0 Å². The van der Waals surface area contributed by atoms with Gasteiger partial charge in [-0.25, -0.2) is 0 Å². The highest BCUT2D eigenvalue weighted by atomic mass is 35.5. The number of carboxylic acid groups (broad SMARTS) is 1. The molecule has 0 aliphatic rings. The van der Waals surface area contributed by atoms with Crippen LogP contribution in [0, 0.1) is 0 Å². The molecule has 0 aromatic heterocycles. The van der Waals surface area contributed by atoms with Crippen molar-refractivity contribution in [3.8, 4) is 0 Å². The first-order valence-corrected chi connectivity index (χ1v) is 9.90. The lowest BCUT2D eigenvalue weighted by Crippen LogP contribution is -2.36. The lowest BCUT2D eigenvalue weighted by Gasteiger charge is -2.36. The van der Waals surface area contributed by atoms with E-state index in [9.17, 15) is 9.90 Å². The third kappa shape index (κ3) is 4.03. The number of carboxylic acids is 1. The zero-order valence-corrected chi connectivity index (χ0v) is 16.2. The summed E-state index contributed by atoms with van der Waals surface area (Å²) in [6, 6.07) is 26.7. The molecule has 3 aromatic rings. The zero-order valence-electron chi connectivity index (χ0n) is 14.6. The molecule has 0 amide bonds. The van der Waals surface area contributed by atoms with Crippen molar-refractivity contribution in [2.24, 2.45) is 5.73 Å². The maximum atomic E-state index is 11.3. The van der Waals surface area contributed by atoms with Crippen LogP contribution in [-0.4, -0.2) is 22.9 Å². The molecule has 0 unspecified atom stereocenters. The molecular weight excluding hydrogens is 378 g/mol. The summed E-state index contributed by atoms with van der Waals surface area (Å²) in [5.41, 5.74) is 8.79. The van der Waals surface area contributed by atoms with Crippen molar-refractivity contribution in [2.45, 2.75) is 10.8 Å². The Kier molecular flexibility index (Phi) is 6.22. The molecular formula is C22H20ClNO2S. The Morgan fingerprint density at radius 1 is 0.926 bits per heavy atom. The monoisotopic (exact) mass is 397 g/mol. The van der Waals surface area contributed by atoms with E-state index in [1.807, 2.05) is 84.9 Å². The maximum absolute atomic E-state index is 11.3. The SMILES string of the molecule is N[C@@H](CSC(c1ccccc1)(c1ccccc1)c1ccccc1Cl)C(=O)O. The van der Waals surface area contributed by atoms with Gasteiger partial charge in [0.1, 0.15) is 6.04 Å². The van der Waals surface area contributed by atoms with Crippen molar-refractivity contribution >= 4 is 29.3 Å². The second-order valence-electron chi connectivity index (χ2n) is 6.15. The fourth-order valence-corrected chi connectivity index (χ4v) is 4.95. The first-order valence-electron chi connectivity index (χ1n) is 8.54. The smallest absolute Gasteiger partial charge is 0.321 e. The van der Waals surface area contributed by atoms with E-state index < -0.39 is 16.8 Å². The Balaban J connectivity index is 2.25. The standard InChI is InChI=1S/C22H20ClNO2S/c23-19-14-8-7-13-18(19)22(16-9-3-1-4-10-16,17-11-5-2-6-12-17)27-15-20(24)21(25)26/h1-14,20H,15,24H2,(H,25,26)/t20-/m0/s1. The Hall–Kier alpha value is -2.27. The highest BCUT2D eigenvalue weighted by Gasteiger charge is 2.39. The molecule has 0 saturated carbocycles. The molecule has 0 aliphatic carbocycles. The lowest BCUT2D eigenvalue weighted by atomic mass is 9.84. The number of rotatable bonds is 7. The van der Waals surface area contributed by atoms with Crippen LogP contribution in [-0.2, 0) is 9.54 Å². The van der Waals surface area contributed by atoms with Crippen LogP contribution in [0.3, 0.4) is 0 Å². The molecule has 0 spiro atoms. The average molecular weight is 398 g/mol. The number of thioether (sulfide) groups is 1. The van der Waals surface area contributed by atoms with Gasteiger partial charge in [-0.3, -0.25) is 4.79 Å². The fourth-order valence-electron chi connectivity index (χ4n) is 3.10. The van der Waals surface area contributed by atoms with Gasteiger partial charge in [0.2, 0.25) is 0 Å². The van der Waals surface area contributed by atoms with Gasteiger partial charge >= 0.3 is 5.97 Å². The van der Waals surface area contributed by atoms with Crippen molar-refractivity contribution in [3.63, 3.8) is 0 Å². The van der Waals surface area contributed by atoms with E-state index in [0.717, 1.165) is 16.7 Å². The van der Waals surface area contributed by atoms with E-state index in [1.54, 1.807) is 0 Å². The maximum Gasteiger partial charge on any atom is 0.321 e. The van der Waals surface area contributed by atoms with E-state index in [1.165, 1.54) is 11.8 Å². The van der Waals surface area contributed by atoms with Gasteiger partial charge < -0.3 is 10.8 Å². The molecule has 0 bridgehead atoms. The van der Waals surface area contributed by atoms with Gasteiger partial charge in [0.25, 0.3) is 0 Å². The Morgan fingerprint density at radius 2 is 1.41 bits per heavy atom. The molecule has 0 fully saturated rings. The fraction of sp³-hybridized carbons (Fsp3) is 0.136. The van der Waals surface area contributed by atoms with Crippen molar-refractivity contribution in [1.82, 2.24) is 0 Å². The Labute approximate surface area is 168 Å². The normalized spacial score (nSPS) is 12.5. The van der Waals surface area contributed by atoms with E-state index in [0.29, 0.717) is 5.02 Å². The Bertz CT molecular complexity index is 863. The van der Waals surface area contributed by atoms with Crippen molar-refractivity contribution in [3.05, 3.63) is 107 Å². The van der Waals surface area contributed by atoms with Crippen LogP contribution in [0.5, 0.6) is 0 Å². The summed E-state index contributed by atoms with van der Waals surface area (Å²) in [5, 5.41) is 9.91. The van der Waals surface area contributed by atoms with Crippen LogP contribution in [0.15, 0.2) is 84.9 Å². The van der Waals surface area contributed by atoms with Crippen molar-refractivity contribution in [2.75, 3.05) is 5.75 Å². The first-order chi connectivity index (χ1) is 13.1. The van der Waals surface area contributed by atoms with Crippen LogP contribution in [0.25, 0.3) is 0 Å². The van der Waals surface area contributed by atoms with Crippen LogP contribution in [0.4, 0.5) is 0 Å². The Morgan fingerprint density at radius 3 is 1.89 bits per heavy atom. The van der Waals surface area contributed by atoms with Gasteiger partial charge in [-0.15, -0.1) is 11.8 Å². The van der Waals surface area contributed by atoms with Crippen LogP contribution in [0.2, 0.25) is 5.02 Å². The van der Waals surface area contributed by atoms with E-state index in [2.05, 4.69) is 0 Å². The van der Waals surface area contributed by atoms with Gasteiger partial charge in [0.15, 0.2) is 0 Å². The van der Waals surface area contributed by atoms with E-state index in [4.69, 9.17) is 17.3 Å². The van der Waals surface area contributed by atoms with Gasteiger partial charge in [0, 0.05) is 10.8 Å². The zero-order chi connectivity index (χ0) is 19.3. The minimum absolute atomic E-state index is 0.240. The molecule has 0 aliphatic heterocycles. The summed E-state index contributed by atoms with van der Waals surface area (Å²) in [6.45, 7) is 0. The topological polar surface area (TPSA) is 63.3 Å². The quantitative estimate of drug-likeness (QED) is 0.563. The number of nitrogens with two attached hydrogens (primary N) is 1. The summed E-state index contributed by atoms with van der Waals surface area (Å²) >= 11 is 8.11. The summed E-state index contributed by atoms with van der Waals surface area (Å²) in [7, 11) is 0. The van der Waals surface area contributed by atoms with Crippen LogP contribution >= 0.6 is 23.4 Å². The third-order valence-electron chi connectivity index (χ3n) is 4.41. The highest BCUT2D eigenvalue weighted by Crippen LogP contribution is 2.50. The van der Waals surface area contributed by atoms with Gasteiger partial charge in [-0.2, -0.15) is 0 Å². The van der Waals surface area contributed by atoms with Gasteiger partial charge in [-0.1, -0.05) is 90.5 Å². The molecule has 3 N–H and O–H groups in total. The summed E-state index contributed by atoms with van der Waals surface area (Å²) in [5.74, 6) is -0.777. The molecule has 0 saturated heterocycles. The molecule has 138 valence electrons. The summed E-state index contributed by atoms with van der Waals surface area (Å²) < 4.78 is -0.673. The number of halogens is 1. The number of aliphatic carboxylic acids is 1. The predicted molar refractivity (Wildman–Crippen MR) is 112 cm³/mol. The number of carbonyl (C=O) groups is 1. The number of hydrogen-bond donors (Lipinski definition) is 2. The summed E-state index contributed by atoms with van der Waals surface area (Å²) in [6.07, 6.45) is 0. The molecule has 5 heteroatoms. The first kappa shape index (κ1) is 19.5. The molecule has 1 atom stereocenters. The largest absolute Gasteiger partial charge is 0.480 e. The molecule has 3 nitrogen and oxygen atoms in total. The minimum Gasteiger partial charge on any atom is -0.480 e. The highest BCUT2D eigenvalue weighted by molar-refractivity contribution is 8.00. The minimum atomic E-state index is -1.02. The number of hydrogen-bond acceptors (Lipinski definition) is 3. The second-order valence-corrected chi connectivity index (χ2v) is 7.79. The lowest BCUT2D eigenvalue weighted by molar-refractivity contribution is -0.137. The molecule has 3 aromatic carbocycles. The molecule has 0 radical (unpaired) electrons. The van der Waals surface area contributed by atoms with E-state index in [-0.39, 0.29) is 5.75 Å². The third-order valence-corrected chi connectivity index (χ3v) is 6.39. The molecule has 0 heterocycles. The number of benzene rings is 3. The molecule has 3 rings (SSSR count). The second kappa shape index (κ2) is 8.61.